The van der Waals surface area contributed by atoms with Crippen molar-refractivity contribution in [1.29, 1.82) is 0 Å². The van der Waals surface area contributed by atoms with Crippen LogP contribution in [0.4, 0.5) is 0 Å². The number of carbonyl (C=O) groups excluding carboxylic acids is 1. The largest absolute Gasteiger partial charge is 0.481 e. The van der Waals surface area contributed by atoms with Crippen LogP contribution in [-0.2, 0) is 9.59 Å². The molecule has 2 unspecified atom stereocenters. The molecule has 4 nitrogen and oxygen atoms in total. The Morgan fingerprint density at radius 1 is 1.32 bits per heavy atom. The van der Waals surface area contributed by atoms with Crippen LogP contribution in [0.2, 0.25) is 0 Å². The van der Waals surface area contributed by atoms with Gasteiger partial charge >= 0.3 is 5.97 Å². The van der Waals surface area contributed by atoms with E-state index in [4.69, 9.17) is 5.11 Å². The SMILES string of the molecule is CCC(C)NC(=O)C(CC(=O)O)c1ccccc1C. The minimum atomic E-state index is -0.965. The lowest BCUT2D eigenvalue weighted by atomic mass is 9.91. The highest BCUT2D eigenvalue weighted by Crippen LogP contribution is 2.23. The lowest BCUT2D eigenvalue weighted by molar-refractivity contribution is -0.139. The molecule has 0 spiro atoms. The van der Waals surface area contributed by atoms with Crippen molar-refractivity contribution in [1.82, 2.24) is 5.32 Å². The number of carboxylic acid groups (broad SMARTS) is 1. The van der Waals surface area contributed by atoms with Crippen LogP contribution < -0.4 is 5.32 Å². The molecule has 0 aliphatic rings. The van der Waals surface area contributed by atoms with Gasteiger partial charge in [-0.15, -0.1) is 0 Å². The van der Waals surface area contributed by atoms with Gasteiger partial charge in [-0.05, 0) is 31.4 Å². The fourth-order valence-corrected chi connectivity index (χ4v) is 1.94. The van der Waals surface area contributed by atoms with Gasteiger partial charge in [-0.2, -0.15) is 0 Å². The van der Waals surface area contributed by atoms with Crippen molar-refractivity contribution < 1.29 is 14.7 Å². The molecule has 1 rings (SSSR count). The van der Waals surface area contributed by atoms with E-state index in [-0.39, 0.29) is 18.4 Å². The molecule has 2 atom stereocenters. The molecule has 0 fully saturated rings. The van der Waals surface area contributed by atoms with Gasteiger partial charge in [-0.25, -0.2) is 0 Å². The van der Waals surface area contributed by atoms with Crippen LogP contribution in [0, 0.1) is 6.92 Å². The second-order valence-electron chi connectivity index (χ2n) is 4.82. The lowest BCUT2D eigenvalue weighted by Crippen LogP contribution is -2.37. The molecule has 0 heterocycles. The summed E-state index contributed by atoms with van der Waals surface area (Å²) in [6.45, 7) is 5.78. The van der Waals surface area contributed by atoms with Crippen molar-refractivity contribution in [3.8, 4) is 0 Å². The van der Waals surface area contributed by atoms with Crippen molar-refractivity contribution in [3.63, 3.8) is 0 Å². The van der Waals surface area contributed by atoms with Crippen LogP contribution in [0.1, 0.15) is 43.7 Å². The molecule has 2 N–H and O–H groups in total. The molecule has 1 aromatic carbocycles. The summed E-state index contributed by atoms with van der Waals surface area (Å²) in [5.74, 6) is -1.81. The minimum Gasteiger partial charge on any atom is -0.481 e. The molecule has 0 saturated heterocycles. The van der Waals surface area contributed by atoms with E-state index in [0.717, 1.165) is 17.5 Å². The van der Waals surface area contributed by atoms with Crippen molar-refractivity contribution >= 4 is 11.9 Å². The van der Waals surface area contributed by atoms with Gasteiger partial charge in [0.2, 0.25) is 5.91 Å². The third-order valence-corrected chi connectivity index (χ3v) is 3.26. The van der Waals surface area contributed by atoms with Crippen LogP contribution in [0.5, 0.6) is 0 Å². The second-order valence-corrected chi connectivity index (χ2v) is 4.82. The first kappa shape index (κ1) is 15.2. The summed E-state index contributed by atoms with van der Waals surface area (Å²) in [7, 11) is 0. The maximum atomic E-state index is 12.2. The van der Waals surface area contributed by atoms with Gasteiger partial charge in [-0.1, -0.05) is 31.2 Å². The standard InChI is InChI=1S/C15H21NO3/c1-4-11(3)16-15(19)13(9-14(17)18)12-8-6-5-7-10(12)2/h5-8,11,13H,4,9H2,1-3H3,(H,16,19)(H,17,18). The summed E-state index contributed by atoms with van der Waals surface area (Å²) >= 11 is 0. The summed E-state index contributed by atoms with van der Waals surface area (Å²) in [5.41, 5.74) is 1.72. The molecule has 0 bridgehead atoms. The average molecular weight is 263 g/mol. The highest BCUT2D eigenvalue weighted by atomic mass is 16.4. The summed E-state index contributed by atoms with van der Waals surface area (Å²) < 4.78 is 0. The topological polar surface area (TPSA) is 66.4 Å². The number of nitrogens with one attached hydrogen (secondary N) is 1. The van der Waals surface area contributed by atoms with Crippen molar-refractivity contribution in [2.24, 2.45) is 0 Å². The molecule has 0 radical (unpaired) electrons. The number of aryl methyl sites for hydroxylation is 1. The van der Waals surface area contributed by atoms with Gasteiger partial charge < -0.3 is 10.4 Å². The highest BCUT2D eigenvalue weighted by Gasteiger charge is 2.25. The van der Waals surface area contributed by atoms with Gasteiger partial charge in [0, 0.05) is 6.04 Å². The zero-order valence-electron chi connectivity index (χ0n) is 11.6. The number of carboxylic acids is 1. The zero-order valence-corrected chi connectivity index (χ0v) is 11.6. The monoisotopic (exact) mass is 263 g/mol. The molecular weight excluding hydrogens is 242 g/mol. The Labute approximate surface area is 113 Å². The molecule has 19 heavy (non-hydrogen) atoms. The van der Waals surface area contributed by atoms with E-state index >= 15 is 0 Å². The summed E-state index contributed by atoms with van der Waals surface area (Å²) in [5, 5.41) is 11.9. The Morgan fingerprint density at radius 2 is 1.95 bits per heavy atom. The fraction of sp³-hybridized carbons (Fsp3) is 0.467. The van der Waals surface area contributed by atoms with Gasteiger partial charge in [-0.3, -0.25) is 9.59 Å². The number of hydrogen-bond donors (Lipinski definition) is 2. The Balaban J connectivity index is 2.98. The first-order valence-electron chi connectivity index (χ1n) is 6.53. The Hall–Kier alpha value is -1.84. The first-order valence-corrected chi connectivity index (χ1v) is 6.53. The second kappa shape index (κ2) is 6.92. The molecule has 1 amide bonds. The quantitative estimate of drug-likeness (QED) is 0.828. The number of carbonyl (C=O) groups is 2. The van der Waals surface area contributed by atoms with Crippen molar-refractivity contribution in [2.75, 3.05) is 0 Å². The van der Waals surface area contributed by atoms with E-state index in [1.807, 2.05) is 45.0 Å². The maximum Gasteiger partial charge on any atom is 0.304 e. The summed E-state index contributed by atoms with van der Waals surface area (Å²) in [6, 6.07) is 7.46. The van der Waals surface area contributed by atoms with E-state index < -0.39 is 11.9 Å². The minimum absolute atomic E-state index is 0.0489. The third kappa shape index (κ3) is 4.39. The molecular formula is C15H21NO3. The Morgan fingerprint density at radius 3 is 2.47 bits per heavy atom. The van der Waals surface area contributed by atoms with Gasteiger partial charge in [0.15, 0.2) is 0 Å². The van der Waals surface area contributed by atoms with E-state index in [2.05, 4.69) is 5.32 Å². The number of hydrogen-bond acceptors (Lipinski definition) is 2. The Bertz CT molecular complexity index is 456. The molecule has 0 aromatic heterocycles. The number of rotatable bonds is 6. The zero-order chi connectivity index (χ0) is 14.4. The van der Waals surface area contributed by atoms with E-state index in [1.165, 1.54) is 0 Å². The third-order valence-electron chi connectivity index (χ3n) is 3.26. The van der Waals surface area contributed by atoms with Crippen molar-refractivity contribution in [3.05, 3.63) is 35.4 Å². The Kier molecular flexibility index (Phi) is 5.55. The molecule has 104 valence electrons. The smallest absolute Gasteiger partial charge is 0.304 e. The molecule has 0 aliphatic carbocycles. The van der Waals surface area contributed by atoms with E-state index in [9.17, 15) is 9.59 Å². The molecule has 4 heteroatoms. The van der Waals surface area contributed by atoms with E-state index in [1.54, 1.807) is 0 Å². The molecule has 0 aliphatic heterocycles. The van der Waals surface area contributed by atoms with Crippen LogP contribution in [0.25, 0.3) is 0 Å². The number of benzene rings is 1. The molecule has 0 saturated carbocycles. The lowest BCUT2D eigenvalue weighted by Gasteiger charge is -2.20. The predicted molar refractivity (Wildman–Crippen MR) is 74.1 cm³/mol. The van der Waals surface area contributed by atoms with Crippen LogP contribution in [0.15, 0.2) is 24.3 Å². The van der Waals surface area contributed by atoms with Crippen LogP contribution >= 0.6 is 0 Å². The van der Waals surface area contributed by atoms with Gasteiger partial charge in [0.25, 0.3) is 0 Å². The summed E-state index contributed by atoms with van der Waals surface area (Å²) in [6.07, 6.45) is 0.631. The maximum absolute atomic E-state index is 12.2. The number of aliphatic carboxylic acids is 1. The molecule has 1 aromatic rings. The highest BCUT2D eigenvalue weighted by molar-refractivity contribution is 5.88. The van der Waals surface area contributed by atoms with Crippen molar-refractivity contribution in [2.45, 2.75) is 45.6 Å². The van der Waals surface area contributed by atoms with Crippen LogP contribution in [-0.4, -0.2) is 23.0 Å². The van der Waals surface area contributed by atoms with Crippen LogP contribution in [0.3, 0.4) is 0 Å². The predicted octanol–water partition coefficient (Wildman–Crippen LogP) is 2.47. The fourth-order valence-electron chi connectivity index (χ4n) is 1.94. The normalized spacial score (nSPS) is 13.6. The summed E-state index contributed by atoms with van der Waals surface area (Å²) in [4.78, 5) is 23.2. The number of amides is 1. The van der Waals surface area contributed by atoms with E-state index in [0.29, 0.717) is 0 Å². The average Bonchev–Trinajstić information content (AvgIpc) is 2.36. The van der Waals surface area contributed by atoms with Gasteiger partial charge in [0.1, 0.15) is 0 Å². The van der Waals surface area contributed by atoms with Gasteiger partial charge in [0.05, 0.1) is 12.3 Å². The first-order chi connectivity index (χ1) is 8.95.